The summed E-state index contributed by atoms with van der Waals surface area (Å²) in [5.74, 6) is 0.802. The number of para-hydroxylation sites is 2. The number of allylic oxidation sites excluding steroid dienone is 1. The summed E-state index contributed by atoms with van der Waals surface area (Å²) in [4.78, 5) is 7.67. The van der Waals surface area contributed by atoms with E-state index in [4.69, 9.17) is 8.92 Å². The fourth-order valence-corrected chi connectivity index (χ4v) is 5.02. The van der Waals surface area contributed by atoms with Crippen LogP contribution in [0.15, 0.2) is 71.6 Å². The average molecular weight is 571 g/mol. The van der Waals surface area contributed by atoms with Crippen molar-refractivity contribution in [1.82, 2.24) is 9.97 Å². The molecule has 3 aromatic carbocycles. The molecule has 1 N–H and O–H groups in total. The van der Waals surface area contributed by atoms with E-state index in [1.54, 1.807) is 43.3 Å². The van der Waals surface area contributed by atoms with E-state index >= 15 is 0 Å². The van der Waals surface area contributed by atoms with Gasteiger partial charge in [-0.15, -0.1) is 0 Å². The minimum atomic E-state index is -4.04. The van der Waals surface area contributed by atoms with Gasteiger partial charge >= 0.3 is 10.1 Å². The second-order valence-corrected chi connectivity index (χ2v) is 9.59. The maximum Gasteiger partial charge on any atom is 0.339 e. The molecule has 4 aromatic rings. The Morgan fingerprint density at radius 3 is 2.58 bits per heavy atom. The molecule has 0 aliphatic carbocycles. The van der Waals surface area contributed by atoms with Crippen molar-refractivity contribution >= 4 is 55.4 Å². The lowest BCUT2D eigenvalue weighted by molar-refractivity contribution is 0.327. The van der Waals surface area contributed by atoms with Crippen molar-refractivity contribution < 1.29 is 17.3 Å². The molecule has 1 heterocycles. The van der Waals surface area contributed by atoms with Crippen molar-refractivity contribution in [2.75, 3.05) is 6.61 Å². The predicted molar refractivity (Wildman–Crippen MR) is 134 cm³/mol. The second-order valence-electron chi connectivity index (χ2n) is 6.89. The number of ether oxygens (including phenoxy) is 1. The predicted octanol–water partition coefficient (Wildman–Crippen LogP) is 5.40. The molecular formula is C24H18IN3O4S. The Balaban J connectivity index is 1.74. The molecule has 0 unspecified atom stereocenters. The van der Waals surface area contributed by atoms with Gasteiger partial charge in [0.2, 0.25) is 0 Å². The Morgan fingerprint density at radius 2 is 1.88 bits per heavy atom. The van der Waals surface area contributed by atoms with Gasteiger partial charge in [-0.25, -0.2) is 4.98 Å². The molecule has 0 amide bonds. The van der Waals surface area contributed by atoms with Gasteiger partial charge in [-0.05, 0) is 77.6 Å². The van der Waals surface area contributed by atoms with Crippen LogP contribution in [0.1, 0.15) is 18.3 Å². The molecular weight excluding hydrogens is 553 g/mol. The van der Waals surface area contributed by atoms with Gasteiger partial charge in [-0.3, -0.25) is 0 Å². The standard InChI is InChI=1S/C24H18IN3O4S/c1-2-31-22-14-16(12-17(15-26)24-27-20-10-6-7-11-21(20)28-24)13-19(25)23(22)32-33(29,30)18-8-4-3-5-9-18/h3-14H,2H2,1H3,(H,27,28)/b17-12+. The molecule has 166 valence electrons. The maximum atomic E-state index is 12.7. The molecule has 0 saturated heterocycles. The highest BCUT2D eigenvalue weighted by Crippen LogP contribution is 2.37. The summed E-state index contributed by atoms with van der Waals surface area (Å²) in [5.41, 5.74) is 2.56. The second kappa shape index (κ2) is 9.64. The molecule has 7 nitrogen and oxygen atoms in total. The van der Waals surface area contributed by atoms with E-state index in [1.165, 1.54) is 12.1 Å². The van der Waals surface area contributed by atoms with Gasteiger partial charge in [0.05, 0.1) is 26.8 Å². The molecule has 9 heteroatoms. The summed E-state index contributed by atoms with van der Waals surface area (Å²) in [6.45, 7) is 2.10. The Hall–Kier alpha value is -3.36. The third-order valence-corrected chi connectivity index (χ3v) is 6.67. The molecule has 0 radical (unpaired) electrons. The van der Waals surface area contributed by atoms with E-state index in [0.717, 1.165) is 11.0 Å². The number of hydrogen-bond acceptors (Lipinski definition) is 6. The minimum Gasteiger partial charge on any atom is -0.490 e. The van der Waals surface area contributed by atoms with E-state index in [0.29, 0.717) is 27.1 Å². The van der Waals surface area contributed by atoms with Gasteiger partial charge in [0.25, 0.3) is 0 Å². The largest absolute Gasteiger partial charge is 0.490 e. The number of aromatic nitrogens is 2. The number of nitrogens with zero attached hydrogens (tertiary/aromatic N) is 2. The fraction of sp³-hybridized carbons (Fsp3) is 0.0833. The van der Waals surface area contributed by atoms with Gasteiger partial charge in [-0.2, -0.15) is 13.7 Å². The van der Waals surface area contributed by atoms with Crippen LogP contribution >= 0.6 is 22.6 Å². The number of halogens is 1. The first kappa shape index (κ1) is 22.8. The van der Waals surface area contributed by atoms with Crippen molar-refractivity contribution in [2.45, 2.75) is 11.8 Å². The summed E-state index contributed by atoms with van der Waals surface area (Å²) in [5, 5.41) is 9.73. The number of aromatic amines is 1. The van der Waals surface area contributed by atoms with Crippen LogP contribution in [0.3, 0.4) is 0 Å². The zero-order valence-corrected chi connectivity index (χ0v) is 20.4. The smallest absolute Gasteiger partial charge is 0.339 e. The number of nitriles is 1. The molecule has 0 bridgehead atoms. The summed E-state index contributed by atoms with van der Waals surface area (Å²) in [6.07, 6.45) is 1.66. The Bertz CT molecular complexity index is 1460. The summed E-state index contributed by atoms with van der Waals surface area (Å²) in [7, 11) is -4.04. The van der Waals surface area contributed by atoms with E-state index in [1.807, 2.05) is 46.9 Å². The first-order chi connectivity index (χ1) is 15.9. The van der Waals surface area contributed by atoms with Crippen LogP contribution in [0, 0.1) is 14.9 Å². The molecule has 33 heavy (non-hydrogen) atoms. The van der Waals surface area contributed by atoms with Crippen molar-refractivity contribution in [3.63, 3.8) is 0 Å². The molecule has 0 atom stereocenters. The van der Waals surface area contributed by atoms with E-state index < -0.39 is 10.1 Å². The fourth-order valence-electron chi connectivity index (χ4n) is 3.16. The van der Waals surface area contributed by atoms with Crippen molar-refractivity contribution in [3.8, 4) is 17.6 Å². The lowest BCUT2D eigenvalue weighted by atomic mass is 10.1. The molecule has 0 spiro atoms. The van der Waals surface area contributed by atoms with Crippen LogP contribution in [-0.2, 0) is 10.1 Å². The first-order valence-corrected chi connectivity index (χ1v) is 12.4. The number of fused-ring (bicyclic) bond motifs is 1. The van der Waals surface area contributed by atoms with Crippen LogP contribution in [-0.4, -0.2) is 25.0 Å². The van der Waals surface area contributed by atoms with Gasteiger partial charge in [-0.1, -0.05) is 30.3 Å². The molecule has 0 saturated carbocycles. The lowest BCUT2D eigenvalue weighted by Crippen LogP contribution is -2.11. The molecule has 0 aliphatic rings. The van der Waals surface area contributed by atoms with Crippen molar-refractivity contribution in [2.24, 2.45) is 0 Å². The number of nitrogens with one attached hydrogen (secondary N) is 1. The third-order valence-electron chi connectivity index (χ3n) is 4.63. The maximum absolute atomic E-state index is 12.7. The Labute approximate surface area is 205 Å². The quantitative estimate of drug-likeness (QED) is 0.181. The number of hydrogen-bond donors (Lipinski definition) is 1. The average Bonchev–Trinajstić information content (AvgIpc) is 3.24. The number of imidazole rings is 1. The van der Waals surface area contributed by atoms with Gasteiger partial charge < -0.3 is 13.9 Å². The third kappa shape index (κ3) is 5.02. The van der Waals surface area contributed by atoms with Crippen LogP contribution in [0.2, 0.25) is 0 Å². The van der Waals surface area contributed by atoms with Crippen molar-refractivity contribution in [3.05, 3.63) is 81.7 Å². The van der Waals surface area contributed by atoms with Crippen LogP contribution < -0.4 is 8.92 Å². The minimum absolute atomic E-state index is 0.0453. The highest BCUT2D eigenvalue weighted by Gasteiger charge is 2.22. The zero-order valence-electron chi connectivity index (χ0n) is 17.4. The first-order valence-electron chi connectivity index (χ1n) is 9.94. The topological polar surface area (TPSA) is 105 Å². The van der Waals surface area contributed by atoms with Gasteiger partial charge in [0, 0.05) is 0 Å². The SMILES string of the molecule is CCOc1cc(/C=C(\C#N)c2nc3ccccc3[nH]2)cc(I)c1OS(=O)(=O)c1ccccc1. The monoisotopic (exact) mass is 571 g/mol. The van der Waals surface area contributed by atoms with Crippen LogP contribution in [0.5, 0.6) is 11.5 Å². The molecule has 0 fully saturated rings. The number of H-pyrrole nitrogens is 1. The van der Waals surface area contributed by atoms with E-state index in [-0.39, 0.29) is 16.4 Å². The van der Waals surface area contributed by atoms with E-state index in [2.05, 4.69) is 16.0 Å². The van der Waals surface area contributed by atoms with Crippen LogP contribution in [0.4, 0.5) is 0 Å². The highest BCUT2D eigenvalue weighted by molar-refractivity contribution is 14.1. The number of rotatable bonds is 7. The lowest BCUT2D eigenvalue weighted by Gasteiger charge is -2.14. The summed E-state index contributed by atoms with van der Waals surface area (Å²) < 4.78 is 37.1. The normalized spacial score (nSPS) is 11.8. The summed E-state index contributed by atoms with van der Waals surface area (Å²) >= 11 is 1.99. The Kier molecular flexibility index (Phi) is 6.67. The zero-order chi connectivity index (χ0) is 23.4. The number of benzene rings is 3. The van der Waals surface area contributed by atoms with E-state index in [9.17, 15) is 13.7 Å². The molecule has 0 aliphatic heterocycles. The molecule has 1 aromatic heterocycles. The van der Waals surface area contributed by atoms with Crippen molar-refractivity contribution in [1.29, 1.82) is 5.26 Å². The molecule has 4 rings (SSSR count). The highest BCUT2D eigenvalue weighted by atomic mass is 127. The summed E-state index contributed by atoms with van der Waals surface area (Å²) in [6, 6.07) is 20.9. The van der Waals surface area contributed by atoms with Crippen LogP contribution in [0.25, 0.3) is 22.7 Å². The Morgan fingerprint density at radius 1 is 1.15 bits per heavy atom. The van der Waals surface area contributed by atoms with Gasteiger partial charge in [0.1, 0.15) is 16.8 Å². The van der Waals surface area contributed by atoms with Gasteiger partial charge in [0.15, 0.2) is 11.5 Å².